The number of benzene rings is 2. The highest BCUT2D eigenvalue weighted by Crippen LogP contribution is 2.26. The van der Waals surface area contributed by atoms with Crippen LogP contribution in [0.15, 0.2) is 36.4 Å². The number of imidazole rings is 1. The van der Waals surface area contributed by atoms with Gasteiger partial charge in [-0.05, 0) is 42.8 Å². The molecule has 0 spiro atoms. The number of aromatic nitrogens is 2. The van der Waals surface area contributed by atoms with Crippen LogP contribution in [0, 0.1) is 24.1 Å². The van der Waals surface area contributed by atoms with Crippen molar-refractivity contribution in [3.8, 4) is 17.5 Å². The Bertz CT molecular complexity index is 856. The number of nitriles is 1. The topological polar surface area (TPSA) is 41.6 Å². The standard InChI is InChI=1S/C16H12FN3/c1-10-3-5-12(13(17)7-10)16-19-14-8-11(9-18)4-6-15(14)20(16)2/h3-8H,1-2H3. The van der Waals surface area contributed by atoms with Crippen LogP contribution < -0.4 is 0 Å². The number of rotatable bonds is 1. The van der Waals surface area contributed by atoms with E-state index in [1.54, 1.807) is 18.2 Å². The van der Waals surface area contributed by atoms with Gasteiger partial charge in [0.1, 0.15) is 11.6 Å². The molecule has 3 rings (SSSR count). The molecule has 0 fully saturated rings. The van der Waals surface area contributed by atoms with Gasteiger partial charge in [0, 0.05) is 7.05 Å². The van der Waals surface area contributed by atoms with E-state index in [1.807, 2.05) is 30.7 Å². The van der Waals surface area contributed by atoms with E-state index in [0.29, 0.717) is 22.5 Å². The lowest BCUT2D eigenvalue weighted by Gasteiger charge is -2.04. The molecule has 0 N–H and O–H groups in total. The molecular weight excluding hydrogens is 253 g/mol. The summed E-state index contributed by atoms with van der Waals surface area (Å²) in [6.07, 6.45) is 0. The molecule has 3 aromatic rings. The zero-order chi connectivity index (χ0) is 14.3. The lowest BCUT2D eigenvalue weighted by molar-refractivity contribution is 0.628. The average Bonchev–Trinajstić information content (AvgIpc) is 2.75. The molecule has 0 aliphatic carbocycles. The summed E-state index contributed by atoms with van der Waals surface area (Å²) < 4.78 is 15.9. The Morgan fingerprint density at radius 2 is 2.00 bits per heavy atom. The number of nitrogens with zero attached hydrogens (tertiary/aromatic N) is 3. The summed E-state index contributed by atoms with van der Waals surface area (Å²) in [6, 6.07) is 12.4. The van der Waals surface area contributed by atoms with E-state index >= 15 is 0 Å². The molecule has 1 aromatic heterocycles. The molecule has 0 amide bonds. The summed E-state index contributed by atoms with van der Waals surface area (Å²) in [7, 11) is 1.84. The second-order valence-corrected chi connectivity index (χ2v) is 4.79. The Morgan fingerprint density at radius 3 is 2.70 bits per heavy atom. The Labute approximate surface area is 115 Å². The van der Waals surface area contributed by atoms with Gasteiger partial charge in [-0.1, -0.05) is 6.07 Å². The van der Waals surface area contributed by atoms with Crippen LogP contribution in [0.5, 0.6) is 0 Å². The van der Waals surface area contributed by atoms with Crippen molar-refractivity contribution in [2.45, 2.75) is 6.92 Å². The van der Waals surface area contributed by atoms with Crippen LogP contribution in [0.2, 0.25) is 0 Å². The minimum absolute atomic E-state index is 0.288. The Hall–Kier alpha value is -2.67. The van der Waals surface area contributed by atoms with E-state index in [1.165, 1.54) is 6.07 Å². The van der Waals surface area contributed by atoms with E-state index in [4.69, 9.17) is 5.26 Å². The fourth-order valence-corrected chi connectivity index (χ4v) is 2.31. The molecule has 98 valence electrons. The molecule has 0 aliphatic rings. The monoisotopic (exact) mass is 265 g/mol. The van der Waals surface area contributed by atoms with Gasteiger partial charge in [-0.2, -0.15) is 5.26 Å². The molecule has 0 bridgehead atoms. The number of fused-ring (bicyclic) bond motifs is 1. The minimum atomic E-state index is -0.288. The second-order valence-electron chi connectivity index (χ2n) is 4.79. The average molecular weight is 265 g/mol. The van der Waals surface area contributed by atoms with Crippen LogP contribution in [-0.2, 0) is 7.05 Å². The first-order chi connectivity index (χ1) is 9.60. The number of halogens is 1. The first-order valence-electron chi connectivity index (χ1n) is 6.23. The molecule has 0 radical (unpaired) electrons. The molecule has 1 heterocycles. The van der Waals surface area contributed by atoms with Gasteiger partial charge in [0.15, 0.2) is 0 Å². The normalized spacial score (nSPS) is 10.7. The van der Waals surface area contributed by atoms with Crippen LogP contribution in [0.25, 0.3) is 22.4 Å². The first kappa shape index (κ1) is 12.4. The van der Waals surface area contributed by atoms with Gasteiger partial charge in [-0.25, -0.2) is 9.37 Å². The van der Waals surface area contributed by atoms with Crippen molar-refractivity contribution in [1.29, 1.82) is 5.26 Å². The predicted molar refractivity (Wildman–Crippen MR) is 75.6 cm³/mol. The zero-order valence-corrected chi connectivity index (χ0v) is 11.2. The maximum absolute atomic E-state index is 14.1. The van der Waals surface area contributed by atoms with Gasteiger partial charge < -0.3 is 4.57 Å². The lowest BCUT2D eigenvalue weighted by atomic mass is 10.1. The quantitative estimate of drug-likeness (QED) is 0.675. The lowest BCUT2D eigenvalue weighted by Crippen LogP contribution is -1.95. The highest BCUT2D eigenvalue weighted by molar-refractivity contribution is 5.81. The van der Waals surface area contributed by atoms with E-state index in [-0.39, 0.29) is 5.82 Å². The molecular formula is C16H12FN3. The van der Waals surface area contributed by atoms with Crippen LogP contribution in [-0.4, -0.2) is 9.55 Å². The highest BCUT2D eigenvalue weighted by Gasteiger charge is 2.13. The van der Waals surface area contributed by atoms with Crippen LogP contribution in [0.1, 0.15) is 11.1 Å². The largest absolute Gasteiger partial charge is 0.327 e. The van der Waals surface area contributed by atoms with E-state index < -0.39 is 0 Å². The molecule has 3 nitrogen and oxygen atoms in total. The summed E-state index contributed by atoms with van der Waals surface area (Å²) in [5.41, 5.74) is 3.46. The minimum Gasteiger partial charge on any atom is -0.327 e. The third-order valence-corrected chi connectivity index (χ3v) is 3.38. The highest BCUT2D eigenvalue weighted by atomic mass is 19.1. The van der Waals surface area contributed by atoms with Gasteiger partial charge in [-0.3, -0.25) is 0 Å². The fraction of sp³-hybridized carbons (Fsp3) is 0.125. The maximum atomic E-state index is 14.1. The van der Waals surface area contributed by atoms with Crippen LogP contribution in [0.4, 0.5) is 4.39 Å². The van der Waals surface area contributed by atoms with Crippen molar-refractivity contribution in [1.82, 2.24) is 9.55 Å². The predicted octanol–water partition coefficient (Wildman–Crippen LogP) is 3.56. The molecule has 0 saturated heterocycles. The molecule has 0 unspecified atom stereocenters. The van der Waals surface area contributed by atoms with E-state index in [0.717, 1.165) is 11.1 Å². The Balaban J connectivity index is 2.26. The van der Waals surface area contributed by atoms with Crippen molar-refractivity contribution in [2.24, 2.45) is 7.05 Å². The SMILES string of the molecule is Cc1ccc(-c2nc3cc(C#N)ccc3n2C)c(F)c1. The maximum Gasteiger partial charge on any atom is 0.143 e. The summed E-state index contributed by atoms with van der Waals surface area (Å²) in [5.74, 6) is 0.275. The van der Waals surface area contributed by atoms with Gasteiger partial charge in [-0.15, -0.1) is 0 Å². The smallest absolute Gasteiger partial charge is 0.143 e. The molecule has 4 heteroatoms. The van der Waals surface area contributed by atoms with Crippen molar-refractivity contribution in [2.75, 3.05) is 0 Å². The van der Waals surface area contributed by atoms with Crippen molar-refractivity contribution in [3.63, 3.8) is 0 Å². The van der Waals surface area contributed by atoms with Gasteiger partial charge >= 0.3 is 0 Å². The van der Waals surface area contributed by atoms with E-state index in [2.05, 4.69) is 11.1 Å². The van der Waals surface area contributed by atoms with E-state index in [9.17, 15) is 4.39 Å². The fourth-order valence-electron chi connectivity index (χ4n) is 2.31. The van der Waals surface area contributed by atoms with Crippen molar-refractivity contribution in [3.05, 3.63) is 53.3 Å². The summed E-state index contributed by atoms with van der Waals surface area (Å²) in [5, 5.41) is 8.92. The Kier molecular flexibility index (Phi) is 2.76. The summed E-state index contributed by atoms with van der Waals surface area (Å²) >= 11 is 0. The van der Waals surface area contributed by atoms with Crippen LogP contribution >= 0.6 is 0 Å². The van der Waals surface area contributed by atoms with Crippen LogP contribution in [0.3, 0.4) is 0 Å². The molecule has 0 aliphatic heterocycles. The summed E-state index contributed by atoms with van der Waals surface area (Å²) in [6.45, 7) is 1.85. The molecule has 0 saturated carbocycles. The van der Waals surface area contributed by atoms with Crippen molar-refractivity contribution >= 4 is 11.0 Å². The Morgan fingerprint density at radius 1 is 1.20 bits per heavy atom. The summed E-state index contributed by atoms with van der Waals surface area (Å²) in [4.78, 5) is 4.45. The number of aryl methyl sites for hydroxylation is 2. The zero-order valence-electron chi connectivity index (χ0n) is 11.2. The van der Waals surface area contributed by atoms with Gasteiger partial charge in [0.25, 0.3) is 0 Å². The molecule has 20 heavy (non-hydrogen) atoms. The van der Waals surface area contributed by atoms with Gasteiger partial charge in [0.05, 0.1) is 28.2 Å². The van der Waals surface area contributed by atoms with Gasteiger partial charge in [0.2, 0.25) is 0 Å². The van der Waals surface area contributed by atoms with Crippen molar-refractivity contribution < 1.29 is 4.39 Å². The molecule has 2 aromatic carbocycles. The number of hydrogen-bond donors (Lipinski definition) is 0. The first-order valence-corrected chi connectivity index (χ1v) is 6.23. The molecule has 0 atom stereocenters. The third-order valence-electron chi connectivity index (χ3n) is 3.38. The third kappa shape index (κ3) is 1.84. The number of hydrogen-bond acceptors (Lipinski definition) is 2. The second kappa shape index (κ2) is 4.46.